The Balaban J connectivity index is 2.29. The third kappa shape index (κ3) is 2.65. The lowest BCUT2D eigenvalue weighted by molar-refractivity contribution is -0.125. The van der Waals surface area contributed by atoms with Crippen LogP contribution in [0.2, 0.25) is 0 Å². The van der Waals surface area contributed by atoms with Crippen LogP contribution in [0.15, 0.2) is 6.07 Å². The van der Waals surface area contributed by atoms with E-state index >= 15 is 0 Å². The molecule has 0 spiro atoms. The van der Waals surface area contributed by atoms with Crippen molar-refractivity contribution in [1.29, 1.82) is 0 Å². The summed E-state index contributed by atoms with van der Waals surface area (Å²) in [6.45, 7) is 4.93. The van der Waals surface area contributed by atoms with Crippen LogP contribution in [0.3, 0.4) is 0 Å². The predicted molar refractivity (Wildman–Crippen MR) is 76.8 cm³/mol. The quantitative estimate of drug-likeness (QED) is 0.763. The molecule has 0 bridgehead atoms. The molecule has 4 N–H and O–H groups in total. The molecule has 0 saturated carbocycles. The van der Waals surface area contributed by atoms with E-state index < -0.39 is 5.41 Å². The molecule has 0 aromatic carbocycles. The smallest absolute Gasteiger partial charge is 0.226 e. The molecule has 1 saturated heterocycles. The van der Waals surface area contributed by atoms with E-state index in [-0.39, 0.29) is 10.9 Å². The fourth-order valence-electron chi connectivity index (χ4n) is 2.15. The molecule has 2 rings (SSSR count). The number of nitrogens with zero attached hydrogens (tertiary/aromatic N) is 3. The molecule has 7 heteroatoms. The van der Waals surface area contributed by atoms with Gasteiger partial charge in [0, 0.05) is 18.8 Å². The van der Waals surface area contributed by atoms with Gasteiger partial charge in [-0.15, -0.1) is 0 Å². The van der Waals surface area contributed by atoms with Gasteiger partial charge in [-0.3, -0.25) is 4.79 Å². The minimum absolute atomic E-state index is 0.239. The Bertz CT molecular complexity index is 547. The standard InChI is InChI=1S/C12H17N5OS/c1-7-5-8(9(13)19)16-11(15-7)17-4-3-12(2,6-17)10(14)18/h5H,3-4,6H2,1-2H3,(H2,13,19)(H2,14,18). The van der Waals surface area contributed by atoms with Gasteiger partial charge < -0.3 is 16.4 Å². The molecule has 1 unspecified atom stereocenters. The molecular formula is C12H17N5OS. The van der Waals surface area contributed by atoms with Crippen molar-refractivity contribution in [3.05, 3.63) is 17.5 Å². The number of rotatable bonds is 3. The topological polar surface area (TPSA) is 98.1 Å². The summed E-state index contributed by atoms with van der Waals surface area (Å²) in [4.78, 5) is 22.3. The van der Waals surface area contributed by atoms with Crippen LogP contribution >= 0.6 is 12.2 Å². The first-order valence-electron chi connectivity index (χ1n) is 6.02. The number of carbonyl (C=O) groups is 1. The number of anilines is 1. The van der Waals surface area contributed by atoms with Crippen LogP contribution in [-0.4, -0.2) is 34.0 Å². The van der Waals surface area contributed by atoms with Gasteiger partial charge in [-0.2, -0.15) is 0 Å². The summed E-state index contributed by atoms with van der Waals surface area (Å²) in [6.07, 6.45) is 0.696. The molecule has 1 atom stereocenters. The van der Waals surface area contributed by atoms with Gasteiger partial charge >= 0.3 is 0 Å². The highest BCUT2D eigenvalue weighted by molar-refractivity contribution is 7.80. The molecule has 0 radical (unpaired) electrons. The summed E-state index contributed by atoms with van der Waals surface area (Å²) in [5.41, 5.74) is 11.8. The van der Waals surface area contributed by atoms with Crippen LogP contribution in [0.1, 0.15) is 24.7 Å². The second-order valence-corrected chi connectivity index (χ2v) is 5.60. The number of carbonyl (C=O) groups excluding carboxylic acids is 1. The number of nitrogens with two attached hydrogens (primary N) is 2. The maximum Gasteiger partial charge on any atom is 0.226 e. The van der Waals surface area contributed by atoms with Crippen LogP contribution in [0.25, 0.3) is 0 Å². The summed E-state index contributed by atoms with van der Waals surface area (Å²) >= 11 is 4.94. The molecule has 1 amide bonds. The zero-order valence-electron chi connectivity index (χ0n) is 11.0. The number of aryl methyl sites for hydroxylation is 1. The first kappa shape index (κ1) is 13.7. The molecular weight excluding hydrogens is 262 g/mol. The van der Waals surface area contributed by atoms with Crippen molar-refractivity contribution in [3.8, 4) is 0 Å². The van der Waals surface area contributed by atoms with E-state index in [1.165, 1.54) is 0 Å². The van der Waals surface area contributed by atoms with Crippen LogP contribution < -0.4 is 16.4 Å². The lowest BCUT2D eigenvalue weighted by atomic mass is 9.89. The van der Waals surface area contributed by atoms with Crippen LogP contribution in [-0.2, 0) is 4.79 Å². The van der Waals surface area contributed by atoms with Crippen molar-refractivity contribution in [2.24, 2.45) is 16.9 Å². The van der Waals surface area contributed by atoms with E-state index in [4.69, 9.17) is 23.7 Å². The Hall–Kier alpha value is -1.76. The molecule has 1 aromatic rings. The monoisotopic (exact) mass is 279 g/mol. The third-order valence-electron chi connectivity index (χ3n) is 3.45. The minimum Gasteiger partial charge on any atom is -0.388 e. The van der Waals surface area contributed by atoms with Gasteiger partial charge in [0.2, 0.25) is 11.9 Å². The van der Waals surface area contributed by atoms with Gasteiger partial charge in [-0.1, -0.05) is 12.2 Å². The fourth-order valence-corrected chi connectivity index (χ4v) is 2.26. The van der Waals surface area contributed by atoms with Gasteiger partial charge in [0.05, 0.1) is 5.41 Å². The highest BCUT2D eigenvalue weighted by atomic mass is 32.1. The Morgan fingerprint density at radius 3 is 2.68 bits per heavy atom. The third-order valence-corrected chi connectivity index (χ3v) is 3.66. The zero-order chi connectivity index (χ0) is 14.2. The van der Waals surface area contributed by atoms with Crippen molar-refractivity contribution in [2.75, 3.05) is 18.0 Å². The largest absolute Gasteiger partial charge is 0.388 e. The van der Waals surface area contributed by atoms with Gasteiger partial charge in [-0.05, 0) is 26.3 Å². The van der Waals surface area contributed by atoms with Crippen LogP contribution in [0.5, 0.6) is 0 Å². The zero-order valence-corrected chi connectivity index (χ0v) is 11.8. The minimum atomic E-state index is -0.531. The average Bonchev–Trinajstić information content (AvgIpc) is 2.72. The summed E-state index contributed by atoms with van der Waals surface area (Å²) in [6, 6.07) is 1.75. The lowest BCUT2D eigenvalue weighted by Crippen LogP contribution is -2.37. The van der Waals surface area contributed by atoms with E-state index in [0.717, 1.165) is 5.69 Å². The second-order valence-electron chi connectivity index (χ2n) is 5.16. The second kappa shape index (κ2) is 4.73. The first-order chi connectivity index (χ1) is 8.82. The van der Waals surface area contributed by atoms with Crippen molar-refractivity contribution in [3.63, 3.8) is 0 Å². The Labute approximate surface area is 117 Å². The van der Waals surface area contributed by atoms with E-state index in [0.29, 0.717) is 31.2 Å². The highest BCUT2D eigenvalue weighted by Gasteiger charge is 2.39. The van der Waals surface area contributed by atoms with E-state index in [1.807, 2.05) is 18.7 Å². The van der Waals surface area contributed by atoms with Crippen LogP contribution in [0, 0.1) is 12.3 Å². The number of aromatic nitrogens is 2. The lowest BCUT2D eigenvalue weighted by Gasteiger charge is -2.21. The molecule has 1 aromatic heterocycles. The molecule has 1 aliphatic heterocycles. The molecule has 2 heterocycles. The first-order valence-corrected chi connectivity index (χ1v) is 6.43. The Morgan fingerprint density at radius 1 is 1.47 bits per heavy atom. The van der Waals surface area contributed by atoms with Gasteiger partial charge in [0.15, 0.2) is 0 Å². The normalized spacial score (nSPS) is 22.5. The van der Waals surface area contributed by atoms with Gasteiger partial charge in [0.1, 0.15) is 10.7 Å². The number of hydrogen-bond acceptors (Lipinski definition) is 5. The van der Waals surface area contributed by atoms with Crippen LogP contribution in [0.4, 0.5) is 5.95 Å². The number of thiocarbonyl (C=S) groups is 1. The number of hydrogen-bond donors (Lipinski definition) is 2. The number of amides is 1. The molecule has 0 aliphatic carbocycles. The highest BCUT2D eigenvalue weighted by Crippen LogP contribution is 2.31. The van der Waals surface area contributed by atoms with Crippen molar-refractivity contribution >= 4 is 29.1 Å². The van der Waals surface area contributed by atoms with E-state index in [1.54, 1.807) is 6.07 Å². The molecule has 102 valence electrons. The SMILES string of the molecule is Cc1cc(C(N)=S)nc(N2CCC(C)(C(N)=O)C2)n1. The fraction of sp³-hybridized carbons (Fsp3) is 0.500. The summed E-state index contributed by atoms with van der Waals surface area (Å²) in [5, 5.41) is 0. The van der Waals surface area contributed by atoms with Gasteiger partial charge in [0.25, 0.3) is 0 Å². The van der Waals surface area contributed by atoms with Crippen molar-refractivity contribution < 1.29 is 4.79 Å². The van der Waals surface area contributed by atoms with E-state index in [2.05, 4.69) is 9.97 Å². The molecule has 1 aliphatic rings. The molecule has 1 fully saturated rings. The number of primary amides is 1. The summed E-state index contributed by atoms with van der Waals surface area (Å²) < 4.78 is 0. The van der Waals surface area contributed by atoms with Gasteiger partial charge in [-0.25, -0.2) is 9.97 Å². The maximum atomic E-state index is 11.5. The average molecular weight is 279 g/mol. The van der Waals surface area contributed by atoms with E-state index in [9.17, 15) is 4.79 Å². The maximum absolute atomic E-state index is 11.5. The molecule has 6 nitrogen and oxygen atoms in total. The Morgan fingerprint density at radius 2 is 2.16 bits per heavy atom. The molecule has 19 heavy (non-hydrogen) atoms. The summed E-state index contributed by atoms with van der Waals surface area (Å²) in [7, 11) is 0. The van der Waals surface area contributed by atoms with Crippen molar-refractivity contribution in [2.45, 2.75) is 20.3 Å². The Kier molecular flexibility index (Phi) is 3.40. The summed E-state index contributed by atoms with van der Waals surface area (Å²) in [5.74, 6) is 0.255. The predicted octanol–water partition coefficient (Wildman–Crippen LogP) is 0.121. The van der Waals surface area contributed by atoms with Crippen molar-refractivity contribution in [1.82, 2.24) is 9.97 Å².